The second-order valence-corrected chi connectivity index (χ2v) is 4.30. The third kappa shape index (κ3) is 1.91. The normalized spacial score (nSPS) is 21.6. The summed E-state index contributed by atoms with van der Waals surface area (Å²) < 4.78 is 6.41. The van der Waals surface area contributed by atoms with Crippen molar-refractivity contribution in [3.05, 3.63) is 22.9 Å². The Bertz CT molecular complexity index is 319. The van der Waals surface area contributed by atoms with Gasteiger partial charge in [0.25, 0.3) is 0 Å². The fourth-order valence-corrected chi connectivity index (χ4v) is 2.19. The van der Waals surface area contributed by atoms with E-state index >= 15 is 0 Å². The minimum atomic E-state index is 0.214. The molecule has 14 heavy (non-hydrogen) atoms. The van der Waals surface area contributed by atoms with E-state index in [0.717, 1.165) is 23.1 Å². The fraction of sp³-hybridized carbons (Fsp3) is 0.500. The van der Waals surface area contributed by atoms with Crippen LogP contribution >= 0.6 is 15.9 Å². The van der Waals surface area contributed by atoms with Gasteiger partial charge in [0, 0.05) is 24.3 Å². The second-order valence-electron chi connectivity index (χ2n) is 3.39. The first-order valence-corrected chi connectivity index (χ1v) is 5.50. The zero-order valence-electron chi connectivity index (χ0n) is 8.11. The van der Waals surface area contributed by atoms with Crippen LogP contribution in [-0.2, 0) is 4.74 Å². The van der Waals surface area contributed by atoms with Crippen LogP contribution in [0.5, 0.6) is 0 Å². The smallest absolute Gasteiger partial charge is 0.129 e. The summed E-state index contributed by atoms with van der Waals surface area (Å²) in [6.45, 7) is 1.05. The van der Waals surface area contributed by atoms with Crippen LogP contribution in [0.25, 0.3) is 0 Å². The van der Waals surface area contributed by atoms with Crippen LogP contribution in [0.1, 0.15) is 12.8 Å². The van der Waals surface area contributed by atoms with Gasteiger partial charge in [-0.3, -0.25) is 4.98 Å². The van der Waals surface area contributed by atoms with E-state index in [2.05, 4.69) is 31.9 Å². The SMILES string of the molecule is CO[C@H]1CCCN1c1cncc(Br)c1. The maximum Gasteiger partial charge on any atom is 0.129 e. The second kappa shape index (κ2) is 4.28. The third-order valence-corrected chi connectivity index (χ3v) is 2.93. The first-order chi connectivity index (χ1) is 6.81. The molecule has 0 spiro atoms. The molecule has 1 aromatic heterocycles. The van der Waals surface area contributed by atoms with Crippen molar-refractivity contribution < 1.29 is 4.74 Å². The Morgan fingerprint density at radius 2 is 2.43 bits per heavy atom. The van der Waals surface area contributed by atoms with E-state index in [4.69, 9.17) is 4.74 Å². The highest BCUT2D eigenvalue weighted by atomic mass is 79.9. The van der Waals surface area contributed by atoms with Crippen LogP contribution in [0, 0.1) is 0 Å². The third-order valence-electron chi connectivity index (χ3n) is 2.49. The number of rotatable bonds is 2. The van der Waals surface area contributed by atoms with Gasteiger partial charge in [0.15, 0.2) is 0 Å². The number of pyridine rings is 1. The van der Waals surface area contributed by atoms with E-state index in [1.165, 1.54) is 6.42 Å². The minimum absolute atomic E-state index is 0.214. The molecule has 0 unspecified atom stereocenters. The van der Waals surface area contributed by atoms with Gasteiger partial charge >= 0.3 is 0 Å². The first kappa shape index (κ1) is 9.93. The Kier molecular flexibility index (Phi) is 3.03. The Hall–Kier alpha value is -0.610. The molecule has 3 nitrogen and oxygen atoms in total. The van der Waals surface area contributed by atoms with Gasteiger partial charge in [-0.25, -0.2) is 0 Å². The van der Waals surface area contributed by atoms with E-state index in [-0.39, 0.29) is 6.23 Å². The lowest BCUT2D eigenvalue weighted by Gasteiger charge is -2.25. The van der Waals surface area contributed by atoms with E-state index in [1.807, 2.05) is 6.20 Å². The highest BCUT2D eigenvalue weighted by Gasteiger charge is 2.24. The van der Waals surface area contributed by atoms with Crippen LogP contribution < -0.4 is 4.90 Å². The summed E-state index contributed by atoms with van der Waals surface area (Å²) in [5, 5.41) is 0. The van der Waals surface area contributed by atoms with E-state index < -0.39 is 0 Å². The van der Waals surface area contributed by atoms with Crippen molar-refractivity contribution in [1.29, 1.82) is 0 Å². The molecule has 1 aromatic rings. The summed E-state index contributed by atoms with van der Waals surface area (Å²) in [4.78, 5) is 6.40. The quantitative estimate of drug-likeness (QED) is 0.813. The van der Waals surface area contributed by atoms with Gasteiger partial charge in [0.05, 0.1) is 11.9 Å². The first-order valence-electron chi connectivity index (χ1n) is 4.71. The van der Waals surface area contributed by atoms with Gasteiger partial charge in [0.1, 0.15) is 6.23 Å². The predicted molar refractivity (Wildman–Crippen MR) is 59.3 cm³/mol. The summed E-state index contributed by atoms with van der Waals surface area (Å²) in [7, 11) is 1.76. The molecular weight excluding hydrogens is 244 g/mol. The number of anilines is 1. The number of ether oxygens (including phenoxy) is 1. The van der Waals surface area contributed by atoms with Crippen molar-refractivity contribution in [2.24, 2.45) is 0 Å². The lowest BCUT2D eigenvalue weighted by atomic mass is 10.3. The Balaban J connectivity index is 2.21. The van der Waals surface area contributed by atoms with Crippen LogP contribution in [0.4, 0.5) is 5.69 Å². The molecule has 0 amide bonds. The summed E-state index contributed by atoms with van der Waals surface area (Å²) in [6.07, 6.45) is 6.17. The van der Waals surface area contributed by atoms with Crippen molar-refractivity contribution in [2.75, 3.05) is 18.6 Å². The molecular formula is C10H13BrN2O. The average molecular weight is 257 g/mol. The van der Waals surface area contributed by atoms with Gasteiger partial charge in [0.2, 0.25) is 0 Å². The van der Waals surface area contributed by atoms with E-state index in [9.17, 15) is 0 Å². The summed E-state index contributed by atoms with van der Waals surface area (Å²) >= 11 is 3.42. The van der Waals surface area contributed by atoms with Gasteiger partial charge in [-0.05, 0) is 34.8 Å². The lowest BCUT2D eigenvalue weighted by molar-refractivity contribution is 0.111. The molecule has 0 aromatic carbocycles. The molecule has 0 aliphatic carbocycles. The van der Waals surface area contributed by atoms with Crippen LogP contribution in [0.3, 0.4) is 0 Å². The summed E-state index contributed by atoms with van der Waals surface area (Å²) in [5.74, 6) is 0. The molecule has 1 aliphatic heterocycles. The van der Waals surface area contributed by atoms with Gasteiger partial charge in [-0.2, -0.15) is 0 Å². The molecule has 0 radical (unpaired) electrons. The largest absolute Gasteiger partial charge is 0.362 e. The van der Waals surface area contributed by atoms with Gasteiger partial charge in [-0.15, -0.1) is 0 Å². The Morgan fingerprint density at radius 3 is 3.14 bits per heavy atom. The summed E-state index contributed by atoms with van der Waals surface area (Å²) in [6, 6.07) is 2.07. The molecule has 2 heterocycles. The standard InChI is InChI=1S/C10H13BrN2O/c1-14-10-3-2-4-13(10)9-5-8(11)6-12-7-9/h5-7,10H,2-4H2,1H3/t10-/m0/s1. The highest BCUT2D eigenvalue weighted by Crippen LogP contribution is 2.26. The molecule has 1 fully saturated rings. The van der Waals surface area contributed by atoms with Gasteiger partial charge < -0.3 is 9.64 Å². The molecule has 2 rings (SSSR count). The number of hydrogen-bond acceptors (Lipinski definition) is 3. The minimum Gasteiger partial charge on any atom is -0.362 e. The zero-order valence-corrected chi connectivity index (χ0v) is 9.70. The molecule has 0 bridgehead atoms. The average Bonchev–Trinajstić information content (AvgIpc) is 2.65. The number of methoxy groups -OCH3 is 1. The monoisotopic (exact) mass is 256 g/mol. The maximum absolute atomic E-state index is 5.40. The number of nitrogens with zero attached hydrogens (tertiary/aromatic N) is 2. The van der Waals surface area contributed by atoms with Crippen molar-refractivity contribution in [3.8, 4) is 0 Å². The van der Waals surface area contributed by atoms with E-state index in [0.29, 0.717) is 0 Å². The number of hydrogen-bond donors (Lipinski definition) is 0. The highest BCUT2D eigenvalue weighted by molar-refractivity contribution is 9.10. The Morgan fingerprint density at radius 1 is 1.57 bits per heavy atom. The zero-order chi connectivity index (χ0) is 9.97. The van der Waals surface area contributed by atoms with Crippen LogP contribution in [0.2, 0.25) is 0 Å². The van der Waals surface area contributed by atoms with E-state index in [1.54, 1.807) is 13.3 Å². The lowest BCUT2D eigenvalue weighted by Crippen LogP contribution is -2.30. The van der Waals surface area contributed by atoms with Crippen molar-refractivity contribution in [2.45, 2.75) is 19.1 Å². The molecule has 0 saturated carbocycles. The molecule has 4 heteroatoms. The van der Waals surface area contributed by atoms with Gasteiger partial charge in [-0.1, -0.05) is 0 Å². The number of halogens is 1. The predicted octanol–water partition coefficient (Wildman–Crippen LogP) is 2.42. The number of aromatic nitrogens is 1. The summed E-state index contributed by atoms with van der Waals surface area (Å²) in [5.41, 5.74) is 1.13. The van der Waals surface area contributed by atoms with Crippen molar-refractivity contribution in [1.82, 2.24) is 4.98 Å². The van der Waals surface area contributed by atoms with Crippen molar-refractivity contribution in [3.63, 3.8) is 0 Å². The fourth-order valence-electron chi connectivity index (χ4n) is 1.83. The van der Waals surface area contributed by atoms with Crippen LogP contribution in [0.15, 0.2) is 22.9 Å². The molecule has 0 N–H and O–H groups in total. The van der Waals surface area contributed by atoms with Crippen LogP contribution in [-0.4, -0.2) is 24.9 Å². The maximum atomic E-state index is 5.40. The van der Waals surface area contributed by atoms with Crippen molar-refractivity contribution >= 4 is 21.6 Å². The Labute approximate surface area is 92.2 Å². The molecule has 1 aliphatic rings. The molecule has 76 valence electrons. The molecule has 1 atom stereocenters. The topological polar surface area (TPSA) is 25.4 Å². The molecule has 1 saturated heterocycles.